The number of hydrogen-bond acceptors (Lipinski definition) is 4. The van der Waals surface area contributed by atoms with E-state index in [1.165, 1.54) is 50.4 Å². The third-order valence-electron chi connectivity index (χ3n) is 4.48. The minimum absolute atomic E-state index is 0.113. The molecule has 2 N–H and O–H groups in total. The molecule has 27 heavy (non-hydrogen) atoms. The Balaban J connectivity index is 1.95. The quantitative estimate of drug-likeness (QED) is 0.378. The van der Waals surface area contributed by atoms with Crippen LogP contribution < -0.4 is 10.6 Å². The average Bonchev–Trinajstić information content (AvgIpc) is 3.10. The van der Waals surface area contributed by atoms with Gasteiger partial charge in [0.25, 0.3) is 0 Å². The van der Waals surface area contributed by atoms with Crippen LogP contribution in [-0.4, -0.2) is 58.3 Å². The molecule has 1 heterocycles. The maximum Gasteiger partial charge on any atom is 0.191 e. The van der Waals surface area contributed by atoms with Gasteiger partial charge in [-0.1, -0.05) is 6.07 Å². The van der Waals surface area contributed by atoms with Crippen molar-refractivity contribution >= 4 is 15.8 Å². The molecule has 0 saturated carbocycles. The molecule has 1 aromatic rings. The van der Waals surface area contributed by atoms with Gasteiger partial charge >= 0.3 is 0 Å². The molecule has 0 radical (unpaired) electrons. The molecule has 0 aromatic heterocycles. The molecule has 0 unspecified atom stereocenters. The van der Waals surface area contributed by atoms with E-state index in [2.05, 4.69) is 20.5 Å². The summed E-state index contributed by atoms with van der Waals surface area (Å²) in [5, 5.41) is 6.47. The first-order chi connectivity index (χ1) is 12.9. The molecule has 2 rings (SSSR count). The van der Waals surface area contributed by atoms with Crippen molar-refractivity contribution in [2.24, 2.45) is 4.99 Å². The van der Waals surface area contributed by atoms with E-state index in [0.717, 1.165) is 26.1 Å². The van der Waals surface area contributed by atoms with Gasteiger partial charge in [-0.2, -0.15) is 0 Å². The Morgan fingerprint density at radius 3 is 2.63 bits per heavy atom. The Hall–Kier alpha value is -1.67. The molecular formula is C19H31FN4O2S. The number of nitrogens with one attached hydrogen (secondary N) is 2. The number of rotatable bonds is 9. The van der Waals surface area contributed by atoms with Gasteiger partial charge in [0.1, 0.15) is 5.82 Å². The largest absolute Gasteiger partial charge is 0.357 e. The van der Waals surface area contributed by atoms with E-state index in [4.69, 9.17) is 0 Å². The fraction of sp³-hybridized carbons (Fsp3) is 0.632. The van der Waals surface area contributed by atoms with Crippen molar-refractivity contribution < 1.29 is 12.8 Å². The summed E-state index contributed by atoms with van der Waals surface area (Å²) in [7, 11) is -3.19. The van der Waals surface area contributed by atoms with E-state index < -0.39 is 9.84 Å². The fourth-order valence-electron chi connectivity index (χ4n) is 3.19. The highest BCUT2D eigenvalue weighted by Gasteiger charge is 2.12. The van der Waals surface area contributed by atoms with Crippen molar-refractivity contribution in [1.82, 2.24) is 15.5 Å². The third-order valence-corrected chi connectivity index (χ3v) is 5.32. The molecule has 0 atom stereocenters. The van der Waals surface area contributed by atoms with E-state index in [1.54, 1.807) is 0 Å². The van der Waals surface area contributed by atoms with Crippen molar-refractivity contribution in [2.45, 2.75) is 38.5 Å². The van der Waals surface area contributed by atoms with Gasteiger partial charge < -0.3 is 15.5 Å². The van der Waals surface area contributed by atoms with E-state index in [9.17, 15) is 12.8 Å². The molecule has 1 saturated heterocycles. The molecule has 0 amide bonds. The molecule has 1 fully saturated rings. The fourth-order valence-corrected chi connectivity index (χ4v) is 4.03. The van der Waals surface area contributed by atoms with Crippen LogP contribution >= 0.6 is 0 Å². The minimum Gasteiger partial charge on any atom is -0.357 e. The Kier molecular flexibility index (Phi) is 8.50. The van der Waals surface area contributed by atoms with E-state index in [-0.39, 0.29) is 18.1 Å². The second-order valence-electron chi connectivity index (χ2n) is 7.01. The normalized spacial score (nSPS) is 15.9. The Bertz CT molecular complexity index is 731. The predicted molar refractivity (Wildman–Crippen MR) is 108 cm³/mol. The summed E-state index contributed by atoms with van der Waals surface area (Å²) >= 11 is 0. The van der Waals surface area contributed by atoms with Crippen LogP contribution in [0.5, 0.6) is 0 Å². The first-order valence-corrected chi connectivity index (χ1v) is 11.6. The van der Waals surface area contributed by atoms with E-state index in [1.807, 2.05) is 6.92 Å². The molecule has 1 aromatic carbocycles. The lowest BCUT2D eigenvalue weighted by Gasteiger charge is -2.16. The van der Waals surface area contributed by atoms with Gasteiger partial charge in [-0.3, -0.25) is 0 Å². The van der Waals surface area contributed by atoms with Gasteiger partial charge in [-0.15, -0.1) is 0 Å². The number of nitrogens with zero attached hydrogens (tertiary/aromatic N) is 2. The zero-order valence-corrected chi connectivity index (χ0v) is 17.1. The number of guanidine groups is 1. The Labute approximate surface area is 162 Å². The second kappa shape index (κ2) is 10.6. The van der Waals surface area contributed by atoms with Crippen LogP contribution in [0.4, 0.5) is 4.39 Å². The highest BCUT2D eigenvalue weighted by atomic mass is 32.2. The van der Waals surface area contributed by atoms with Crippen molar-refractivity contribution in [2.75, 3.05) is 39.0 Å². The van der Waals surface area contributed by atoms with Gasteiger partial charge in [0, 0.05) is 19.3 Å². The summed E-state index contributed by atoms with van der Waals surface area (Å²) in [5.41, 5.74) is 1.18. The van der Waals surface area contributed by atoms with Crippen molar-refractivity contribution in [3.8, 4) is 0 Å². The van der Waals surface area contributed by atoms with Crippen LogP contribution in [-0.2, 0) is 22.1 Å². The SMILES string of the molecule is CCNC(=NCc1cc(F)ccc1CS(C)(=O)=O)NCCCN1CCCC1. The Morgan fingerprint density at radius 1 is 1.22 bits per heavy atom. The summed E-state index contributed by atoms with van der Waals surface area (Å²) in [6, 6.07) is 4.17. The molecule has 1 aliphatic heterocycles. The third kappa shape index (κ3) is 8.26. The van der Waals surface area contributed by atoms with Gasteiger partial charge in [0.15, 0.2) is 15.8 Å². The summed E-state index contributed by atoms with van der Waals surface area (Å²) in [6.07, 6.45) is 4.79. The number of hydrogen-bond donors (Lipinski definition) is 2. The topological polar surface area (TPSA) is 73.8 Å². The van der Waals surface area contributed by atoms with Crippen molar-refractivity contribution in [3.63, 3.8) is 0 Å². The maximum atomic E-state index is 13.6. The zero-order chi connectivity index (χ0) is 19.7. The van der Waals surface area contributed by atoms with E-state index >= 15 is 0 Å². The minimum atomic E-state index is -3.19. The number of aliphatic imine (C=N–C) groups is 1. The summed E-state index contributed by atoms with van der Waals surface area (Å²) < 4.78 is 36.8. The smallest absolute Gasteiger partial charge is 0.191 e. The summed E-state index contributed by atoms with van der Waals surface area (Å²) in [5.74, 6) is 0.160. The van der Waals surface area contributed by atoms with Crippen LogP contribution in [0.25, 0.3) is 0 Å². The summed E-state index contributed by atoms with van der Waals surface area (Å²) in [4.78, 5) is 6.97. The number of sulfone groups is 1. The average molecular weight is 399 g/mol. The molecule has 6 nitrogen and oxygen atoms in total. The molecule has 0 bridgehead atoms. The molecule has 0 spiro atoms. The highest BCUT2D eigenvalue weighted by molar-refractivity contribution is 7.89. The second-order valence-corrected chi connectivity index (χ2v) is 9.15. The standard InChI is InChI=1S/C19H31FN4O2S/c1-3-21-19(22-9-6-12-24-10-4-5-11-24)23-14-17-13-18(20)8-7-16(17)15-27(2,25)26/h7-8,13H,3-6,9-12,14-15H2,1-2H3,(H2,21,22,23). The van der Waals surface area contributed by atoms with Gasteiger partial charge in [-0.25, -0.2) is 17.8 Å². The molecular weight excluding hydrogens is 367 g/mol. The van der Waals surface area contributed by atoms with Crippen LogP contribution in [0.2, 0.25) is 0 Å². The predicted octanol–water partition coefficient (Wildman–Crippen LogP) is 1.91. The van der Waals surface area contributed by atoms with E-state index in [0.29, 0.717) is 17.1 Å². The molecule has 0 aliphatic carbocycles. The van der Waals surface area contributed by atoms with Gasteiger partial charge in [-0.05, 0) is 69.1 Å². The zero-order valence-electron chi connectivity index (χ0n) is 16.3. The van der Waals surface area contributed by atoms with Crippen LogP contribution in [0.3, 0.4) is 0 Å². The number of benzene rings is 1. The lowest BCUT2D eigenvalue weighted by atomic mass is 10.1. The van der Waals surface area contributed by atoms with Crippen molar-refractivity contribution in [3.05, 3.63) is 35.1 Å². The molecule has 152 valence electrons. The number of likely N-dealkylation sites (tertiary alicyclic amines) is 1. The highest BCUT2D eigenvalue weighted by Crippen LogP contribution is 2.15. The Morgan fingerprint density at radius 2 is 1.96 bits per heavy atom. The summed E-state index contributed by atoms with van der Waals surface area (Å²) in [6.45, 7) is 7.20. The van der Waals surface area contributed by atoms with Crippen molar-refractivity contribution in [1.29, 1.82) is 0 Å². The van der Waals surface area contributed by atoms with Gasteiger partial charge in [0.2, 0.25) is 0 Å². The van der Waals surface area contributed by atoms with Crippen LogP contribution in [0.15, 0.2) is 23.2 Å². The molecule has 8 heteroatoms. The first-order valence-electron chi connectivity index (χ1n) is 9.57. The maximum absolute atomic E-state index is 13.6. The lowest BCUT2D eigenvalue weighted by molar-refractivity contribution is 0.334. The first kappa shape index (κ1) is 21.6. The molecule has 1 aliphatic rings. The monoisotopic (exact) mass is 398 g/mol. The van der Waals surface area contributed by atoms with Crippen LogP contribution in [0, 0.1) is 5.82 Å². The number of halogens is 1. The lowest BCUT2D eigenvalue weighted by Crippen LogP contribution is -2.38. The van der Waals surface area contributed by atoms with Gasteiger partial charge in [0.05, 0.1) is 12.3 Å². The van der Waals surface area contributed by atoms with Crippen LogP contribution in [0.1, 0.15) is 37.3 Å².